The Morgan fingerprint density at radius 3 is 1.35 bits per heavy atom. The molecule has 11 atom stereocenters. The lowest BCUT2D eigenvalue weighted by Crippen LogP contribution is -2.61. The number of allylic oxidation sites excluding steroid dienone is 20. The van der Waals surface area contributed by atoms with E-state index in [0.717, 1.165) is 83.5 Å². The van der Waals surface area contributed by atoms with Crippen LogP contribution in [0.4, 0.5) is 0 Å². The van der Waals surface area contributed by atoms with Gasteiger partial charge in [-0.25, -0.2) is 0 Å². The Morgan fingerprint density at radius 2 is 0.861 bits per heavy atom. The number of unbranched alkanes of at least 4 members (excludes halogenated alkanes) is 4. The van der Waals surface area contributed by atoms with Crippen molar-refractivity contribution in [2.45, 2.75) is 197 Å². The van der Waals surface area contributed by atoms with Crippen LogP contribution in [0.3, 0.4) is 0 Å². The van der Waals surface area contributed by atoms with Crippen LogP contribution in [0.25, 0.3) is 0 Å². The molecule has 7 N–H and O–H groups in total. The van der Waals surface area contributed by atoms with E-state index in [1.807, 2.05) is 18.2 Å². The summed E-state index contributed by atoms with van der Waals surface area (Å²) < 4.78 is 33.5. The molecule has 0 bridgehead atoms. The second kappa shape index (κ2) is 42.3. The van der Waals surface area contributed by atoms with Gasteiger partial charge in [0.1, 0.15) is 55.4 Å². The summed E-state index contributed by atoms with van der Waals surface area (Å²) in [5, 5.41) is 72.1. The van der Waals surface area contributed by atoms with Crippen molar-refractivity contribution in [1.82, 2.24) is 0 Å². The van der Waals surface area contributed by atoms with E-state index in [4.69, 9.17) is 28.4 Å². The molecule has 0 aromatic heterocycles. The summed E-state index contributed by atoms with van der Waals surface area (Å²) in [7, 11) is 0. The maximum absolute atomic E-state index is 13.0. The van der Waals surface area contributed by atoms with Crippen LogP contribution in [0, 0.1) is 0 Å². The van der Waals surface area contributed by atoms with Crippen LogP contribution < -0.4 is 0 Å². The van der Waals surface area contributed by atoms with E-state index in [0.29, 0.717) is 19.3 Å². The number of hydrogen-bond donors (Lipinski definition) is 7. The van der Waals surface area contributed by atoms with Gasteiger partial charge in [0.05, 0.1) is 19.8 Å². The first kappa shape index (κ1) is 64.0. The first-order valence-corrected chi connectivity index (χ1v) is 26.1. The van der Waals surface area contributed by atoms with Gasteiger partial charge in [-0.15, -0.1) is 0 Å². The fourth-order valence-corrected chi connectivity index (χ4v) is 7.23. The van der Waals surface area contributed by atoms with Gasteiger partial charge in [-0.05, 0) is 89.9 Å². The maximum Gasteiger partial charge on any atom is 0.306 e. The first-order valence-electron chi connectivity index (χ1n) is 26.1. The van der Waals surface area contributed by atoms with Gasteiger partial charge in [0, 0.05) is 12.8 Å². The summed E-state index contributed by atoms with van der Waals surface area (Å²) >= 11 is 0. The molecule has 0 aromatic carbocycles. The quantitative estimate of drug-likeness (QED) is 0.0178. The molecule has 15 heteroatoms. The third-order valence-corrected chi connectivity index (χ3v) is 11.4. The highest BCUT2D eigenvalue weighted by atomic mass is 16.7. The van der Waals surface area contributed by atoms with Crippen LogP contribution in [-0.4, -0.2) is 142 Å². The van der Waals surface area contributed by atoms with E-state index in [9.17, 15) is 45.3 Å². The van der Waals surface area contributed by atoms with Crippen LogP contribution in [0.2, 0.25) is 0 Å². The second-order valence-corrected chi connectivity index (χ2v) is 17.6. The number of aliphatic hydroxyl groups is 7. The molecule has 2 rings (SSSR count). The van der Waals surface area contributed by atoms with E-state index >= 15 is 0 Å². The van der Waals surface area contributed by atoms with Gasteiger partial charge < -0.3 is 64.2 Å². The van der Waals surface area contributed by atoms with E-state index < -0.39 is 99.3 Å². The molecule has 2 heterocycles. The van der Waals surface area contributed by atoms with Crippen LogP contribution >= 0.6 is 0 Å². The molecule has 0 spiro atoms. The number of aliphatic hydroxyl groups excluding tert-OH is 7. The molecule has 72 heavy (non-hydrogen) atoms. The Morgan fingerprint density at radius 1 is 0.444 bits per heavy atom. The van der Waals surface area contributed by atoms with Crippen molar-refractivity contribution in [1.29, 1.82) is 0 Å². The molecule has 2 aliphatic rings. The average Bonchev–Trinajstić information content (AvgIpc) is 3.37. The summed E-state index contributed by atoms with van der Waals surface area (Å²) in [6.07, 6.45) is 39.5. The topological polar surface area (TPSA) is 231 Å². The SMILES string of the molecule is CC/C=C\C/C=C\C/C=C\C/C=C\C/C=C\C/C=C\CCC(=O)OC(COC(=O)CCCCCC/C=C\C/C=C\C/C=C\C/C=C\CC)COC1OC(COC2OC(CO)C(O)C(O)C2O)C(O)C(O)C1O. The van der Waals surface area contributed by atoms with Gasteiger partial charge in [-0.1, -0.05) is 148 Å². The minimum absolute atomic E-state index is 0.0261. The van der Waals surface area contributed by atoms with Crippen molar-refractivity contribution in [3.05, 3.63) is 122 Å². The van der Waals surface area contributed by atoms with Crippen molar-refractivity contribution >= 4 is 11.9 Å². The van der Waals surface area contributed by atoms with E-state index in [1.54, 1.807) is 0 Å². The lowest BCUT2D eigenvalue weighted by atomic mass is 9.98. The third kappa shape index (κ3) is 29.6. The zero-order valence-electron chi connectivity index (χ0n) is 42.9. The molecule has 0 aliphatic carbocycles. The second-order valence-electron chi connectivity index (χ2n) is 17.6. The fraction of sp³-hybridized carbons (Fsp3) is 0.614. The molecule has 15 nitrogen and oxygen atoms in total. The predicted molar refractivity (Wildman–Crippen MR) is 279 cm³/mol. The summed E-state index contributed by atoms with van der Waals surface area (Å²) in [6.45, 7) is 2.23. The predicted octanol–water partition coefficient (Wildman–Crippen LogP) is 7.71. The number of hydrogen-bond acceptors (Lipinski definition) is 15. The van der Waals surface area contributed by atoms with E-state index in [1.165, 1.54) is 0 Å². The summed E-state index contributed by atoms with van der Waals surface area (Å²) in [6, 6.07) is 0. The smallest absolute Gasteiger partial charge is 0.306 e. The molecule has 11 unspecified atom stereocenters. The van der Waals surface area contributed by atoms with Gasteiger partial charge >= 0.3 is 11.9 Å². The van der Waals surface area contributed by atoms with Gasteiger partial charge in [0.15, 0.2) is 18.7 Å². The molecule has 2 aliphatic heterocycles. The third-order valence-electron chi connectivity index (χ3n) is 11.4. The maximum atomic E-state index is 13.0. The minimum Gasteiger partial charge on any atom is -0.462 e. The molecule has 0 saturated carbocycles. The molecule has 2 fully saturated rings. The van der Waals surface area contributed by atoms with Crippen molar-refractivity contribution in [2.24, 2.45) is 0 Å². The molecular weight excluding hydrogens is 925 g/mol. The van der Waals surface area contributed by atoms with Gasteiger partial charge in [0.2, 0.25) is 0 Å². The van der Waals surface area contributed by atoms with E-state index in [-0.39, 0.29) is 19.4 Å². The van der Waals surface area contributed by atoms with Gasteiger partial charge in [0.25, 0.3) is 0 Å². The lowest BCUT2D eigenvalue weighted by Gasteiger charge is -2.42. The van der Waals surface area contributed by atoms with Crippen molar-refractivity contribution in [2.75, 3.05) is 26.4 Å². The minimum atomic E-state index is -1.79. The van der Waals surface area contributed by atoms with Crippen molar-refractivity contribution < 1.29 is 73.8 Å². The lowest BCUT2D eigenvalue weighted by molar-refractivity contribution is -0.332. The Bertz CT molecular complexity index is 1710. The van der Waals surface area contributed by atoms with Gasteiger partial charge in [-0.3, -0.25) is 9.59 Å². The molecule has 406 valence electrons. The summed E-state index contributed by atoms with van der Waals surface area (Å²) in [4.78, 5) is 25.8. The van der Waals surface area contributed by atoms with Crippen molar-refractivity contribution in [3.63, 3.8) is 0 Å². The molecule has 2 saturated heterocycles. The van der Waals surface area contributed by atoms with Crippen LogP contribution in [0.1, 0.15) is 129 Å². The highest BCUT2D eigenvalue weighted by Crippen LogP contribution is 2.26. The van der Waals surface area contributed by atoms with Crippen LogP contribution in [-0.2, 0) is 38.0 Å². The Kier molecular flexibility index (Phi) is 37.6. The number of carbonyl (C=O) groups is 2. The molecule has 0 amide bonds. The number of esters is 2. The van der Waals surface area contributed by atoms with Crippen LogP contribution in [0.15, 0.2) is 122 Å². The van der Waals surface area contributed by atoms with Crippen molar-refractivity contribution in [3.8, 4) is 0 Å². The Labute approximate surface area is 429 Å². The number of ether oxygens (including phenoxy) is 6. The highest BCUT2D eigenvalue weighted by molar-refractivity contribution is 5.70. The zero-order chi connectivity index (χ0) is 52.4. The van der Waals surface area contributed by atoms with Gasteiger partial charge in [-0.2, -0.15) is 0 Å². The van der Waals surface area contributed by atoms with E-state index in [2.05, 4.69) is 117 Å². The number of carbonyl (C=O) groups excluding carboxylic acids is 2. The summed E-state index contributed by atoms with van der Waals surface area (Å²) in [5.74, 6) is -1.07. The number of rotatable bonds is 38. The molecule has 0 aromatic rings. The standard InChI is InChI=1S/C57H88O15/c1-3-5-7-9-11-13-15-17-19-21-22-24-26-28-30-32-34-36-38-40-49(60)70-45(42-67-48(59)39-37-35-33-31-29-27-25-23-20-18-16-14-12-10-8-6-4-2)43-68-56-55(66)53(64)51(62)47(72-56)44-69-57-54(65)52(63)50(61)46(41-58)71-57/h5-8,11-14,17-20,22,24-25,27-28,30,34,36,45-47,50-58,61-66H,3-4,9-10,15-16,21,23,26,29,31-33,35,37-44H2,1-2H3/b7-5-,8-6-,13-11-,14-12-,19-17-,20-18-,24-22-,27-25-,30-28-,36-34-. The molecule has 0 radical (unpaired) electrons. The van der Waals surface area contributed by atoms with Crippen LogP contribution in [0.5, 0.6) is 0 Å². The normalized spacial score (nSPS) is 26.0. The largest absolute Gasteiger partial charge is 0.462 e. The zero-order valence-corrected chi connectivity index (χ0v) is 42.9. The monoisotopic (exact) mass is 1010 g/mol. The summed E-state index contributed by atoms with van der Waals surface area (Å²) in [5.41, 5.74) is 0. The average molecular weight is 1010 g/mol. The Balaban J connectivity index is 1.86. The molecular formula is C57H88O15. The fourth-order valence-electron chi connectivity index (χ4n) is 7.23. The Hall–Kier alpha value is -4.10. The first-order chi connectivity index (χ1) is 35.0. The highest BCUT2D eigenvalue weighted by Gasteiger charge is 2.47.